The Morgan fingerprint density at radius 3 is 2.50 bits per heavy atom. The molecule has 0 bridgehead atoms. The summed E-state index contributed by atoms with van der Waals surface area (Å²) in [6.07, 6.45) is 1.99. The second-order valence-electron chi connectivity index (χ2n) is 6.12. The predicted octanol–water partition coefficient (Wildman–Crippen LogP) is 3.87. The van der Waals surface area contributed by atoms with E-state index in [0.29, 0.717) is 17.9 Å². The zero-order valence-electron chi connectivity index (χ0n) is 11.9. The molecule has 0 N–H and O–H groups in total. The lowest BCUT2D eigenvalue weighted by Gasteiger charge is -2.26. The molecule has 0 aromatic heterocycles. The van der Waals surface area contributed by atoms with E-state index in [1.165, 1.54) is 0 Å². The van der Waals surface area contributed by atoms with E-state index in [9.17, 15) is 9.59 Å². The molecule has 0 saturated heterocycles. The van der Waals surface area contributed by atoms with Gasteiger partial charge in [0.2, 0.25) is 0 Å². The quantitative estimate of drug-likeness (QED) is 0.623. The summed E-state index contributed by atoms with van der Waals surface area (Å²) in [5, 5.41) is 0.685. The van der Waals surface area contributed by atoms with Crippen molar-refractivity contribution in [3.63, 3.8) is 0 Å². The number of hydrogen-bond donors (Lipinski definition) is 0. The van der Waals surface area contributed by atoms with Gasteiger partial charge in [0.1, 0.15) is 12.1 Å². The molecule has 2 atom stereocenters. The Kier molecular flexibility index (Phi) is 4.14. The van der Waals surface area contributed by atoms with Crippen molar-refractivity contribution in [3.05, 3.63) is 47.0 Å². The van der Waals surface area contributed by atoms with Crippen molar-refractivity contribution in [2.45, 2.75) is 26.7 Å². The summed E-state index contributed by atoms with van der Waals surface area (Å²) in [5.41, 5.74) is 1.43. The first kappa shape index (κ1) is 15.0. The van der Waals surface area contributed by atoms with Gasteiger partial charge in [-0.15, -0.1) is 0 Å². The molecule has 0 heterocycles. The standard InChI is InChI=1S/C17H19ClO2/c1-11-14(8-12-4-6-13(18)7-5-12)16(20)9-15(11)17(2,3)10-19/h4-7,10,14-15H,1,8-9H2,2-3H3/t14?,15-/m0/s1. The van der Waals surface area contributed by atoms with Crippen LogP contribution in [0.15, 0.2) is 36.4 Å². The third-order valence-electron chi connectivity index (χ3n) is 4.24. The summed E-state index contributed by atoms with van der Waals surface area (Å²) in [4.78, 5) is 23.4. The van der Waals surface area contributed by atoms with Gasteiger partial charge in [-0.1, -0.05) is 49.7 Å². The minimum Gasteiger partial charge on any atom is -0.303 e. The van der Waals surface area contributed by atoms with Crippen molar-refractivity contribution >= 4 is 23.7 Å². The lowest BCUT2D eigenvalue weighted by Crippen LogP contribution is -2.25. The van der Waals surface area contributed by atoms with Gasteiger partial charge in [-0.3, -0.25) is 4.79 Å². The number of ketones is 1. The Hall–Kier alpha value is -1.41. The van der Waals surface area contributed by atoms with E-state index in [-0.39, 0.29) is 17.6 Å². The van der Waals surface area contributed by atoms with Crippen LogP contribution >= 0.6 is 11.6 Å². The topological polar surface area (TPSA) is 34.1 Å². The fourth-order valence-electron chi connectivity index (χ4n) is 2.85. The number of Topliss-reactive ketones (excluding diaryl/α,β-unsaturated/α-hetero) is 1. The van der Waals surface area contributed by atoms with E-state index < -0.39 is 5.41 Å². The number of carbonyl (C=O) groups is 2. The molecule has 106 valence electrons. The predicted molar refractivity (Wildman–Crippen MR) is 80.7 cm³/mol. The number of rotatable bonds is 4. The minimum atomic E-state index is -0.526. The zero-order valence-corrected chi connectivity index (χ0v) is 12.6. The Labute approximate surface area is 124 Å². The number of allylic oxidation sites excluding steroid dienone is 1. The summed E-state index contributed by atoms with van der Waals surface area (Å²) < 4.78 is 0. The van der Waals surface area contributed by atoms with Crippen LogP contribution in [0.1, 0.15) is 25.8 Å². The molecule has 1 aliphatic carbocycles. The molecule has 2 nitrogen and oxygen atoms in total. The highest BCUT2D eigenvalue weighted by atomic mass is 35.5. The number of carbonyl (C=O) groups excluding carboxylic acids is 2. The van der Waals surface area contributed by atoms with Crippen molar-refractivity contribution in [1.82, 2.24) is 0 Å². The first-order valence-electron chi connectivity index (χ1n) is 6.77. The molecular formula is C17H19ClO2. The summed E-state index contributed by atoms with van der Waals surface area (Å²) >= 11 is 5.86. The maximum atomic E-state index is 12.2. The van der Waals surface area contributed by atoms with Crippen LogP contribution in [0, 0.1) is 17.3 Å². The molecule has 20 heavy (non-hydrogen) atoms. The van der Waals surface area contributed by atoms with E-state index >= 15 is 0 Å². The van der Waals surface area contributed by atoms with Gasteiger partial charge in [0.05, 0.1) is 0 Å². The van der Waals surface area contributed by atoms with Crippen LogP contribution in [0.5, 0.6) is 0 Å². The molecule has 1 aromatic carbocycles. The highest BCUT2D eigenvalue weighted by Gasteiger charge is 2.43. The van der Waals surface area contributed by atoms with Crippen molar-refractivity contribution in [1.29, 1.82) is 0 Å². The maximum Gasteiger partial charge on any atom is 0.140 e. The summed E-state index contributed by atoms with van der Waals surface area (Å²) in [7, 11) is 0. The van der Waals surface area contributed by atoms with Gasteiger partial charge in [-0.25, -0.2) is 0 Å². The van der Waals surface area contributed by atoms with Crippen LogP contribution in [0.25, 0.3) is 0 Å². The van der Waals surface area contributed by atoms with Gasteiger partial charge < -0.3 is 4.79 Å². The van der Waals surface area contributed by atoms with E-state index in [4.69, 9.17) is 11.6 Å². The van der Waals surface area contributed by atoms with E-state index in [1.54, 1.807) is 0 Å². The fraction of sp³-hybridized carbons (Fsp3) is 0.412. The molecule has 1 aromatic rings. The van der Waals surface area contributed by atoms with Crippen LogP contribution in [0.4, 0.5) is 0 Å². The number of hydrogen-bond acceptors (Lipinski definition) is 2. The van der Waals surface area contributed by atoms with E-state index in [0.717, 1.165) is 17.4 Å². The van der Waals surface area contributed by atoms with Gasteiger partial charge in [0.25, 0.3) is 0 Å². The minimum absolute atomic E-state index is 0.0511. The van der Waals surface area contributed by atoms with Gasteiger partial charge in [0, 0.05) is 22.8 Å². The molecule has 0 radical (unpaired) electrons. The summed E-state index contributed by atoms with van der Waals surface area (Å²) in [6, 6.07) is 7.51. The van der Waals surface area contributed by atoms with Gasteiger partial charge in [-0.2, -0.15) is 0 Å². The van der Waals surface area contributed by atoms with Crippen molar-refractivity contribution < 1.29 is 9.59 Å². The summed E-state index contributed by atoms with van der Waals surface area (Å²) in [5.74, 6) is -0.0462. The average Bonchev–Trinajstić information content (AvgIpc) is 2.70. The van der Waals surface area contributed by atoms with E-state index in [2.05, 4.69) is 6.58 Å². The van der Waals surface area contributed by atoms with Crippen LogP contribution in [0.2, 0.25) is 5.02 Å². The van der Waals surface area contributed by atoms with Crippen molar-refractivity contribution in [2.75, 3.05) is 0 Å². The SMILES string of the molecule is C=C1C(Cc2ccc(Cl)cc2)C(=O)C[C@@H]1C(C)(C)C=O. The maximum absolute atomic E-state index is 12.2. The molecule has 1 fully saturated rings. The van der Waals surface area contributed by atoms with Gasteiger partial charge in [0.15, 0.2) is 0 Å². The Bertz CT molecular complexity index is 543. The van der Waals surface area contributed by atoms with Crippen molar-refractivity contribution in [3.8, 4) is 0 Å². The first-order chi connectivity index (χ1) is 9.35. The third kappa shape index (κ3) is 2.85. The zero-order chi connectivity index (χ0) is 14.9. The second-order valence-corrected chi connectivity index (χ2v) is 6.56. The van der Waals surface area contributed by atoms with E-state index in [1.807, 2.05) is 38.1 Å². The first-order valence-corrected chi connectivity index (χ1v) is 7.15. The lowest BCUT2D eigenvalue weighted by atomic mass is 9.76. The molecule has 1 aliphatic rings. The van der Waals surface area contributed by atoms with Gasteiger partial charge >= 0.3 is 0 Å². The molecule has 0 amide bonds. The summed E-state index contributed by atoms with van der Waals surface area (Å²) in [6.45, 7) is 7.83. The highest BCUT2D eigenvalue weighted by molar-refractivity contribution is 6.30. The molecular weight excluding hydrogens is 272 g/mol. The van der Waals surface area contributed by atoms with Crippen LogP contribution < -0.4 is 0 Å². The Balaban J connectivity index is 2.17. The largest absolute Gasteiger partial charge is 0.303 e. The van der Waals surface area contributed by atoms with Crippen LogP contribution in [0.3, 0.4) is 0 Å². The normalized spacial score (nSPS) is 23.1. The van der Waals surface area contributed by atoms with Crippen LogP contribution in [-0.4, -0.2) is 12.1 Å². The molecule has 3 heteroatoms. The van der Waals surface area contributed by atoms with Gasteiger partial charge in [-0.05, 0) is 30.0 Å². The average molecular weight is 291 g/mol. The fourth-order valence-corrected chi connectivity index (χ4v) is 2.97. The highest BCUT2D eigenvalue weighted by Crippen LogP contribution is 2.43. The number of aldehydes is 1. The Morgan fingerprint density at radius 2 is 1.95 bits per heavy atom. The second kappa shape index (κ2) is 5.53. The molecule has 0 aliphatic heterocycles. The Morgan fingerprint density at radius 1 is 1.35 bits per heavy atom. The van der Waals surface area contributed by atoms with Crippen LogP contribution in [-0.2, 0) is 16.0 Å². The monoisotopic (exact) mass is 290 g/mol. The lowest BCUT2D eigenvalue weighted by molar-refractivity contribution is -0.121. The molecule has 1 saturated carbocycles. The number of benzene rings is 1. The third-order valence-corrected chi connectivity index (χ3v) is 4.50. The van der Waals surface area contributed by atoms with Crippen molar-refractivity contribution in [2.24, 2.45) is 17.3 Å². The smallest absolute Gasteiger partial charge is 0.140 e. The molecule has 0 spiro atoms. The molecule has 1 unspecified atom stereocenters. The number of halogens is 1. The molecule has 2 rings (SSSR count).